The van der Waals surface area contributed by atoms with Crippen molar-refractivity contribution in [3.8, 4) is 11.8 Å². The summed E-state index contributed by atoms with van der Waals surface area (Å²) in [5.41, 5.74) is -0.902. The number of halogens is 3. The molecule has 0 radical (unpaired) electrons. The normalized spacial score (nSPS) is 22.1. The molecule has 2 aliphatic heterocycles. The third-order valence-electron chi connectivity index (χ3n) is 5.76. The topological polar surface area (TPSA) is 90.1 Å². The number of carbonyl (C=O) groups excluding carboxylic acids is 1. The number of amidine groups is 1. The number of likely N-dealkylation sites (tertiary alicyclic amines) is 1. The van der Waals surface area contributed by atoms with Crippen LogP contribution in [-0.4, -0.2) is 55.6 Å². The van der Waals surface area contributed by atoms with E-state index in [-0.39, 0.29) is 34.3 Å². The van der Waals surface area contributed by atoms with Crippen molar-refractivity contribution in [2.75, 3.05) is 27.2 Å². The fraction of sp³-hybridized carbons (Fsp3) is 0.304. The molecule has 170 valence electrons. The Hall–Kier alpha value is -3.71. The van der Waals surface area contributed by atoms with E-state index in [4.69, 9.17) is 10.00 Å². The molecule has 1 N–H and O–H groups in total. The summed E-state index contributed by atoms with van der Waals surface area (Å²) in [5, 5.41) is 12.0. The molecule has 2 aliphatic rings. The Morgan fingerprint density at radius 3 is 2.67 bits per heavy atom. The Morgan fingerprint density at radius 1 is 1.27 bits per heavy atom. The molecule has 1 amide bonds. The Balaban J connectivity index is 1.80. The lowest BCUT2D eigenvalue weighted by Crippen LogP contribution is -2.43. The number of ether oxygens (including phenoxy) is 1. The summed E-state index contributed by atoms with van der Waals surface area (Å²) in [6.07, 6.45) is 0.681. The lowest BCUT2D eigenvalue weighted by Gasteiger charge is -2.23. The minimum atomic E-state index is -2.79. The average Bonchev–Trinajstić information content (AvgIpc) is 3.44. The van der Waals surface area contributed by atoms with Crippen LogP contribution in [0.5, 0.6) is 5.75 Å². The molecule has 2 aromatic rings. The number of benzene rings is 2. The highest BCUT2D eigenvalue weighted by molar-refractivity contribution is 6.45. The van der Waals surface area contributed by atoms with E-state index in [1.165, 1.54) is 36.3 Å². The SMILES string of the molecule is CN[C@H]1CCN(C(=O)C2=NC(c3ccc(C#N)c(F)c3)=NC2(F)c2ccc(OC)c(F)c2)C1. The Morgan fingerprint density at radius 2 is 2.06 bits per heavy atom. The summed E-state index contributed by atoms with van der Waals surface area (Å²) < 4.78 is 49.9. The third-order valence-corrected chi connectivity index (χ3v) is 5.76. The highest BCUT2D eigenvalue weighted by Gasteiger charge is 2.48. The van der Waals surface area contributed by atoms with E-state index in [0.29, 0.717) is 19.5 Å². The van der Waals surface area contributed by atoms with Crippen LogP contribution in [0.1, 0.15) is 23.1 Å². The lowest BCUT2D eigenvalue weighted by atomic mass is 9.98. The van der Waals surface area contributed by atoms with Crippen LogP contribution in [0, 0.1) is 23.0 Å². The summed E-state index contributed by atoms with van der Waals surface area (Å²) in [7, 11) is 3.04. The first-order chi connectivity index (χ1) is 15.8. The van der Waals surface area contributed by atoms with E-state index < -0.39 is 29.0 Å². The van der Waals surface area contributed by atoms with Crippen molar-refractivity contribution < 1.29 is 22.7 Å². The fourth-order valence-corrected chi connectivity index (χ4v) is 3.87. The van der Waals surface area contributed by atoms with E-state index in [1.807, 2.05) is 0 Å². The van der Waals surface area contributed by atoms with Crippen molar-refractivity contribution in [1.82, 2.24) is 10.2 Å². The maximum atomic E-state index is 16.5. The number of hydrogen-bond donors (Lipinski definition) is 1. The fourth-order valence-electron chi connectivity index (χ4n) is 3.87. The van der Waals surface area contributed by atoms with Crippen LogP contribution in [0.2, 0.25) is 0 Å². The molecule has 33 heavy (non-hydrogen) atoms. The van der Waals surface area contributed by atoms with Gasteiger partial charge in [-0.1, -0.05) is 0 Å². The summed E-state index contributed by atoms with van der Waals surface area (Å²) >= 11 is 0. The molecule has 0 aliphatic carbocycles. The molecule has 2 atom stereocenters. The quantitative estimate of drug-likeness (QED) is 0.702. The van der Waals surface area contributed by atoms with Gasteiger partial charge in [-0.2, -0.15) is 5.26 Å². The van der Waals surface area contributed by atoms with Gasteiger partial charge >= 0.3 is 0 Å². The zero-order valence-corrected chi connectivity index (χ0v) is 17.9. The van der Waals surface area contributed by atoms with Gasteiger partial charge in [0.2, 0.25) is 0 Å². The van der Waals surface area contributed by atoms with E-state index >= 15 is 4.39 Å². The van der Waals surface area contributed by atoms with Crippen LogP contribution in [0.15, 0.2) is 46.4 Å². The second-order valence-corrected chi connectivity index (χ2v) is 7.70. The number of hydrogen-bond acceptors (Lipinski definition) is 6. The standard InChI is InChI=1S/C23H20F3N5O2/c1-28-16-7-8-31(12-16)22(32)20-23(26,15-5-6-19(33-2)18(25)10-15)30-21(29-20)13-3-4-14(11-27)17(24)9-13/h3-6,9-10,16,28H,7-8,12H2,1-2H3/t16-,23?/m0/s1. The van der Waals surface area contributed by atoms with Crippen molar-refractivity contribution in [3.05, 3.63) is 64.7 Å². The molecule has 2 heterocycles. The maximum Gasteiger partial charge on any atom is 0.275 e. The molecular weight excluding hydrogens is 435 g/mol. The number of methoxy groups -OCH3 is 1. The van der Waals surface area contributed by atoms with Gasteiger partial charge in [-0.05, 0) is 49.9 Å². The highest BCUT2D eigenvalue weighted by atomic mass is 19.1. The molecule has 0 bridgehead atoms. The van der Waals surface area contributed by atoms with Crippen molar-refractivity contribution >= 4 is 17.5 Å². The molecule has 0 aromatic heterocycles. The van der Waals surface area contributed by atoms with Crippen molar-refractivity contribution in [2.24, 2.45) is 9.98 Å². The molecule has 0 saturated carbocycles. The van der Waals surface area contributed by atoms with Gasteiger partial charge in [0.1, 0.15) is 11.9 Å². The summed E-state index contributed by atoms with van der Waals surface area (Å²) in [5.74, 6) is -5.46. The molecular formula is C23H20F3N5O2. The minimum absolute atomic E-state index is 0.0522. The molecule has 0 spiro atoms. The van der Waals surface area contributed by atoms with Crippen LogP contribution < -0.4 is 10.1 Å². The minimum Gasteiger partial charge on any atom is -0.494 e. The Labute approximate surface area is 188 Å². The number of carbonyl (C=O) groups is 1. The largest absolute Gasteiger partial charge is 0.494 e. The number of nitriles is 1. The van der Waals surface area contributed by atoms with Gasteiger partial charge in [-0.25, -0.2) is 23.2 Å². The number of nitrogens with one attached hydrogen (secondary N) is 1. The van der Waals surface area contributed by atoms with Gasteiger partial charge in [0.15, 0.2) is 23.1 Å². The van der Waals surface area contributed by atoms with Crippen LogP contribution in [0.25, 0.3) is 0 Å². The van der Waals surface area contributed by atoms with Crippen molar-refractivity contribution in [2.45, 2.75) is 18.3 Å². The summed E-state index contributed by atoms with van der Waals surface area (Å²) in [6, 6.07) is 8.72. The van der Waals surface area contributed by atoms with Gasteiger partial charge in [-0.15, -0.1) is 0 Å². The molecule has 2 aromatic carbocycles. The maximum absolute atomic E-state index is 16.5. The second-order valence-electron chi connectivity index (χ2n) is 7.70. The molecule has 1 unspecified atom stereocenters. The molecule has 1 saturated heterocycles. The van der Waals surface area contributed by atoms with Gasteiger partial charge in [0.05, 0.1) is 12.7 Å². The van der Waals surface area contributed by atoms with E-state index in [2.05, 4.69) is 15.3 Å². The van der Waals surface area contributed by atoms with Crippen LogP contribution >= 0.6 is 0 Å². The average molecular weight is 455 g/mol. The van der Waals surface area contributed by atoms with E-state index in [9.17, 15) is 13.6 Å². The zero-order valence-electron chi connectivity index (χ0n) is 17.9. The number of nitrogens with zero attached hydrogens (tertiary/aromatic N) is 4. The number of aliphatic imine (C=N–C) groups is 2. The predicted molar refractivity (Wildman–Crippen MR) is 115 cm³/mol. The summed E-state index contributed by atoms with van der Waals surface area (Å²) in [6.45, 7) is 0.736. The van der Waals surface area contributed by atoms with Crippen molar-refractivity contribution in [1.29, 1.82) is 5.26 Å². The lowest BCUT2D eigenvalue weighted by molar-refractivity contribution is -0.123. The van der Waals surface area contributed by atoms with Gasteiger partial charge in [0, 0.05) is 30.3 Å². The molecule has 1 fully saturated rings. The third kappa shape index (κ3) is 3.96. The first-order valence-corrected chi connectivity index (χ1v) is 10.2. The first-order valence-electron chi connectivity index (χ1n) is 10.2. The van der Waals surface area contributed by atoms with Gasteiger partial charge < -0.3 is 15.0 Å². The van der Waals surface area contributed by atoms with E-state index in [1.54, 1.807) is 13.1 Å². The van der Waals surface area contributed by atoms with Gasteiger partial charge in [0.25, 0.3) is 11.7 Å². The van der Waals surface area contributed by atoms with Crippen LogP contribution in [0.4, 0.5) is 13.2 Å². The zero-order chi connectivity index (χ0) is 23.8. The smallest absolute Gasteiger partial charge is 0.275 e. The summed E-state index contributed by atoms with van der Waals surface area (Å²) in [4.78, 5) is 22.8. The van der Waals surface area contributed by atoms with Crippen molar-refractivity contribution in [3.63, 3.8) is 0 Å². The monoisotopic (exact) mass is 455 g/mol. The number of alkyl halides is 1. The second kappa shape index (κ2) is 8.67. The molecule has 7 nitrogen and oxygen atoms in total. The Kier molecular flexibility index (Phi) is 5.91. The molecule has 10 heteroatoms. The molecule has 4 rings (SSSR count). The van der Waals surface area contributed by atoms with E-state index in [0.717, 1.165) is 12.1 Å². The van der Waals surface area contributed by atoms with Gasteiger partial charge in [-0.3, -0.25) is 4.79 Å². The first kappa shape index (κ1) is 22.5. The predicted octanol–water partition coefficient (Wildman–Crippen LogP) is 2.69. The highest BCUT2D eigenvalue weighted by Crippen LogP contribution is 2.38. The number of likely N-dealkylation sites (N-methyl/N-ethyl adjacent to an activating group) is 1. The number of rotatable bonds is 5. The number of amides is 1. The van der Waals surface area contributed by atoms with Crippen LogP contribution in [-0.2, 0) is 10.6 Å². The van der Waals surface area contributed by atoms with Crippen LogP contribution in [0.3, 0.4) is 0 Å². The Bertz CT molecular complexity index is 1220.